The molecule has 0 heterocycles. The fourth-order valence-electron chi connectivity index (χ4n) is 0.967. The summed E-state index contributed by atoms with van der Waals surface area (Å²) >= 11 is 0. The third-order valence-electron chi connectivity index (χ3n) is 1.63. The van der Waals surface area contributed by atoms with Crippen LogP contribution in [-0.4, -0.2) is 28.4 Å². The molecule has 0 fully saturated rings. The summed E-state index contributed by atoms with van der Waals surface area (Å²) < 4.78 is 0. The van der Waals surface area contributed by atoms with Crippen molar-refractivity contribution in [1.29, 1.82) is 0 Å². The fourth-order valence-corrected chi connectivity index (χ4v) is 0.967. The van der Waals surface area contributed by atoms with Crippen LogP contribution in [0.1, 0.15) is 15.9 Å². The van der Waals surface area contributed by atoms with E-state index in [4.69, 9.17) is 16.6 Å². The third-order valence-corrected chi connectivity index (χ3v) is 1.63. The zero-order valence-corrected chi connectivity index (χ0v) is 9.30. The highest BCUT2D eigenvalue weighted by atomic mass is 35.5. The molecule has 1 aromatic rings. The van der Waals surface area contributed by atoms with Gasteiger partial charge in [0.05, 0.1) is 6.21 Å². The maximum Gasteiger partial charge on any atom is 0.339 e. The number of halogens is 1. The van der Waals surface area contributed by atoms with Crippen molar-refractivity contribution in [1.82, 2.24) is 0 Å². The van der Waals surface area contributed by atoms with Gasteiger partial charge >= 0.3 is 5.97 Å². The highest BCUT2D eigenvalue weighted by Crippen LogP contribution is 2.17. The highest BCUT2D eigenvalue weighted by molar-refractivity contribution is 5.93. The number of rotatable bonds is 3. The number of aromatic hydroxyl groups is 1. The minimum atomic E-state index is -1.23. The van der Waals surface area contributed by atoms with E-state index in [1.807, 2.05) is 0 Å². The van der Waals surface area contributed by atoms with E-state index in [0.29, 0.717) is 5.56 Å². The lowest BCUT2D eigenvalue weighted by Crippen LogP contribution is -3.00. The van der Waals surface area contributed by atoms with E-state index in [1.165, 1.54) is 24.4 Å². The molecule has 0 bridgehead atoms. The van der Waals surface area contributed by atoms with E-state index in [0.717, 1.165) is 0 Å². The first-order valence-corrected chi connectivity index (χ1v) is 4.19. The first-order chi connectivity index (χ1) is 7.50. The van der Waals surface area contributed by atoms with Gasteiger partial charge in [0.1, 0.15) is 11.3 Å². The number of hydrogen-bond donors (Lipinski definition) is 4. The number of nitrogens with zero attached hydrogens (tertiary/aromatic N) is 2. The number of carboxylic acids is 1. The van der Waals surface area contributed by atoms with E-state index in [-0.39, 0.29) is 29.7 Å². The topological polar surface area (TPSA) is 134 Å². The molecule has 0 saturated carbocycles. The summed E-state index contributed by atoms with van der Waals surface area (Å²) in [6.07, 6.45) is 1.27. The summed E-state index contributed by atoms with van der Waals surface area (Å²) in [7, 11) is 0. The van der Waals surface area contributed by atoms with E-state index in [1.54, 1.807) is 0 Å². The van der Waals surface area contributed by atoms with Crippen LogP contribution in [-0.2, 0) is 0 Å². The van der Waals surface area contributed by atoms with Crippen molar-refractivity contribution in [3.8, 4) is 5.75 Å². The van der Waals surface area contributed by atoms with Gasteiger partial charge in [0.15, 0.2) is 0 Å². The van der Waals surface area contributed by atoms with Gasteiger partial charge in [0.2, 0.25) is 5.96 Å². The number of carbonyl (C=O) groups is 1. The average molecular weight is 258 g/mol. The largest absolute Gasteiger partial charge is 1.00 e. The fraction of sp³-hybridized carbons (Fsp3) is 0. The molecular weight excluding hydrogens is 248 g/mol. The van der Waals surface area contributed by atoms with Crippen molar-refractivity contribution in [2.24, 2.45) is 21.7 Å². The Balaban J connectivity index is 0.00000256. The molecule has 0 saturated heterocycles. The van der Waals surface area contributed by atoms with Gasteiger partial charge in [-0.15, -0.1) is 5.10 Å². The van der Waals surface area contributed by atoms with E-state index < -0.39 is 5.97 Å². The maximum atomic E-state index is 10.7. The van der Waals surface area contributed by atoms with E-state index in [9.17, 15) is 9.90 Å². The monoisotopic (exact) mass is 257 g/mol. The molecule has 0 amide bonds. The molecule has 0 unspecified atom stereocenters. The Hall–Kier alpha value is -2.28. The van der Waals surface area contributed by atoms with Crippen LogP contribution in [0.2, 0.25) is 0 Å². The van der Waals surface area contributed by atoms with Gasteiger partial charge in [0.25, 0.3) is 0 Å². The number of aromatic carboxylic acids is 1. The quantitative estimate of drug-likeness (QED) is 0.256. The Labute approximate surface area is 103 Å². The molecule has 92 valence electrons. The average Bonchev–Trinajstić information content (AvgIpc) is 2.19. The molecule has 17 heavy (non-hydrogen) atoms. The minimum absolute atomic E-state index is 0. The van der Waals surface area contributed by atoms with Crippen LogP contribution in [0.4, 0.5) is 0 Å². The number of carboxylic acid groups (broad SMARTS) is 1. The van der Waals surface area contributed by atoms with Crippen LogP contribution >= 0.6 is 0 Å². The summed E-state index contributed by atoms with van der Waals surface area (Å²) in [6, 6.07) is 3.98. The molecule has 7 nitrogen and oxygen atoms in total. The van der Waals surface area contributed by atoms with E-state index >= 15 is 0 Å². The van der Waals surface area contributed by atoms with Crippen LogP contribution in [0.25, 0.3) is 0 Å². The molecule has 6 N–H and O–H groups in total. The summed E-state index contributed by atoms with van der Waals surface area (Å²) in [6.45, 7) is 0. The third kappa shape index (κ3) is 4.39. The Morgan fingerprint density at radius 1 is 1.35 bits per heavy atom. The summed E-state index contributed by atoms with van der Waals surface area (Å²) in [4.78, 5) is 10.7. The summed E-state index contributed by atoms with van der Waals surface area (Å²) in [5.74, 6) is -1.74. The molecule has 0 aliphatic rings. The molecule has 0 aliphatic carbocycles. The van der Waals surface area contributed by atoms with Gasteiger partial charge < -0.3 is 34.1 Å². The minimum Gasteiger partial charge on any atom is -1.00 e. The molecule has 0 aromatic heterocycles. The SMILES string of the molecule is NC(N)=N/N=C/c1ccc(O)c(C(=O)O)c1.[Cl-]. The van der Waals surface area contributed by atoms with Gasteiger partial charge in [-0.2, -0.15) is 5.10 Å². The van der Waals surface area contributed by atoms with Crippen LogP contribution in [0.3, 0.4) is 0 Å². The number of nitrogens with two attached hydrogens (primary N) is 2. The lowest BCUT2D eigenvalue weighted by Gasteiger charge is -1.99. The second-order valence-electron chi connectivity index (χ2n) is 2.85. The van der Waals surface area contributed by atoms with Crippen LogP contribution in [0, 0.1) is 0 Å². The van der Waals surface area contributed by atoms with E-state index in [2.05, 4.69) is 10.2 Å². The van der Waals surface area contributed by atoms with Crippen molar-refractivity contribution in [3.63, 3.8) is 0 Å². The Bertz CT molecular complexity index is 469. The van der Waals surface area contributed by atoms with Crippen LogP contribution in [0.15, 0.2) is 28.4 Å². The lowest BCUT2D eigenvalue weighted by atomic mass is 10.1. The van der Waals surface area contributed by atoms with Crippen molar-refractivity contribution < 1.29 is 27.4 Å². The normalized spacial score (nSPS) is 9.65. The molecule has 1 rings (SSSR count). The predicted octanol–water partition coefficient (Wildman–Crippen LogP) is -3.30. The predicted molar refractivity (Wildman–Crippen MR) is 58.5 cm³/mol. The molecule has 0 spiro atoms. The maximum absolute atomic E-state index is 10.7. The van der Waals surface area contributed by atoms with Gasteiger partial charge in [-0.05, 0) is 23.8 Å². The van der Waals surface area contributed by atoms with Crippen molar-refractivity contribution in [3.05, 3.63) is 29.3 Å². The van der Waals surface area contributed by atoms with Crippen molar-refractivity contribution >= 4 is 18.1 Å². The summed E-state index contributed by atoms with van der Waals surface area (Å²) in [5, 5.41) is 24.8. The molecule has 1 aromatic carbocycles. The van der Waals surface area contributed by atoms with Crippen molar-refractivity contribution in [2.75, 3.05) is 0 Å². The second kappa shape index (κ2) is 6.33. The number of hydrogen-bond acceptors (Lipinski definition) is 4. The zero-order valence-electron chi connectivity index (χ0n) is 8.54. The standard InChI is InChI=1S/C9H10N4O3.ClH/c10-9(11)13-12-4-5-1-2-7(14)6(3-5)8(15)16;/h1-4,14H,(H,15,16)(H4,10,11,13);1H/p-1/b12-4+;. The smallest absolute Gasteiger partial charge is 0.339 e. The molecule has 8 heteroatoms. The Morgan fingerprint density at radius 2 is 2.00 bits per heavy atom. The zero-order chi connectivity index (χ0) is 12.1. The lowest BCUT2D eigenvalue weighted by molar-refractivity contribution is -0.0000208. The first-order valence-electron chi connectivity index (χ1n) is 4.19. The number of guanidine groups is 1. The van der Waals surface area contributed by atoms with Gasteiger partial charge in [-0.1, -0.05) is 0 Å². The van der Waals surface area contributed by atoms with Gasteiger partial charge in [0, 0.05) is 0 Å². The number of benzene rings is 1. The highest BCUT2D eigenvalue weighted by Gasteiger charge is 2.08. The van der Waals surface area contributed by atoms with Crippen molar-refractivity contribution in [2.45, 2.75) is 0 Å². The number of phenols is 1. The Morgan fingerprint density at radius 3 is 2.53 bits per heavy atom. The first kappa shape index (κ1) is 14.7. The molecule has 0 atom stereocenters. The van der Waals surface area contributed by atoms with Crippen LogP contribution < -0.4 is 23.9 Å². The molecular formula is C9H10ClN4O3-. The summed E-state index contributed by atoms with van der Waals surface area (Å²) in [5.41, 5.74) is 10.3. The molecule has 0 radical (unpaired) electrons. The second-order valence-corrected chi connectivity index (χ2v) is 2.85. The Kier molecular flexibility index (Phi) is 5.48. The van der Waals surface area contributed by atoms with Gasteiger partial charge in [-0.3, -0.25) is 0 Å². The molecule has 0 aliphatic heterocycles. The van der Waals surface area contributed by atoms with Gasteiger partial charge in [-0.25, -0.2) is 4.79 Å². The van der Waals surface area contributed by atoms with Crippen LogP contribution in [0.5, 0.6) is 5.75 Å².